The molecule has 3 rings (SSSR count). The highest BCUT2D eigenvalue weighted by Gasteiger charge is 2.31. The number of sulfonamides is 1. The lowest BCUT2D eigenvalue weighted by molar-refractivity contribution is -0.129. The Balaban J connectivity index is 1.83. The second kappa shape index (κ2) is 7.89. The summed E-state index contributed by atoms with van der Waals surface area (Å²) in [5, 5.41) is 2.85. The number of halogens is 5. The highest BCUT2D eigenvalue weighted by molar-refractivity contribution is 7.92. The number of nitrogens with zero attached hydrogens (tertiary/aromatic N) is 1. The van der Waals surface area contributed by atoms with E-state index in [1.807, 2.05) is 0 Å². The van der Waals surface area contributed by atoms with Crippen molar-refractivity contribution in [2.24, 2.45) is 0 Å². The third-order valence-corrected chi connectivity index (χ3v) is 5.17. The van der Waals surface area contributed by atoms with Crippen LogP contribution in [0.1, 0.15) is 16.8 Å². The number of carbonyl (C=O) groups is 1. The van der Waals surface area contributed by atoms with Gasteiger partial charge in [0.2, 0.25) is 10.0 Å². The van der Waals surface area contributed by atoms with Crippen molar-refractivity contribution in [2.75, 3.05) is 15.8 Å². The number of rotatable bonds is 6. The Morgan fingerprint density at radius 3 is 2.60 bits per heavy atom. The molecular weight excluding hydrogens is 435 g/mol. The first-order chi connectivity index (χ1) is 14.0. The minimum Gasteiger partial charge on any atom is -0.346 e. The lowest BCUT2D eigenvalue weighted by atomic mass is 10.1. The third kappa shape index (κ3) is 5.03. The van der Waals surface area contributed by atoms with Crippen molar-refractivity contribution in [2.45, 2.75) is 12.6 Å². The van der Waals surface area contributed by atoms with Crippen molar-refractivity contribution < 1.29 is 35.2 Å². The number of fused-ring (bicyclic) bond motifs is 1. The number of aromatic nitrogens is 2. The van der Waals surface area contributed by atoms with Crippen molar-refractivity contribution in [1.82, 2.24) is 9.97 Å². The molecule has 0 unspecified atom stereocenters. The maximum Gasteiger partial charge on any atom is 0.390 e. The van der Waals surface area contributed by atoms with E-state index in [4.69, 9.17) is 0 Å². The lowest BCUT2D eigenvalue weighted by Gasteiger charge is -2.13. The van der Waals surface area contributed by atoms with Gasteiger partial charge in [0.15, 0.2) is 5.82 Å². The van der Waals surface area contributed by atoms with E-state index in [0.717, 1.165) is 0 Å². The maximum absolute atomic E-state index is 14.6. The molecular formula is C17H13F5N4O3S. The number of H-pyrrole nitrogens is 1. The van der Waals surface area contributed by atoms with Crippen molar-refractivity contribution in [3.8, 4) is 0 Å². The van der Waals surface area contributed by atoms with Crippen molar-refractivity contribution >= 4 is 38.3 Å². The minimum atomic E-state index is -4.74. The summed E-state index contributed by atoms with van der Waals surface area (Å²) < 4.78 is 90.5. The summed E-state index contributed by atoms with van der Waals surface area (Å²) in [4.78, 5) is 19.2. The molecule has 7 nitrogen and oxygen atoms in total. The van der Waals surface area contributed by atoms with Crippen LogP contribution in [0.3, 0.4) is 0 Å². The van der Waals surface area contributed by atoms with Gasteiger partial charge in [0.25, 0.3) is 5.91 Å². The number of nitrogens with one attached hydrogen (secondary N) is 3. The van der Waals surface area contributed by atoms with Gasteiger partial charge in [-0.1, -0.05) is 0 Å². The Morgan fingerprint density at radius 2 is 1.90 bits per heavy atom. The molecule has 1 aromatic carbocycles. The Morgan fingerprint density at radius 1 is 1.17 bits per heavy atom. The minimum absolute atomic E-state index is 0.113. The van der Waals surface area contributed by atoms with Gasteiger partial charge in [0.1, 0.15) is 17.0 Å². The number of benzene rings is 1. The molecule has 2 heterocycles. The Hall–Kier alpha value is -3.22. The van der Waals surface area contributed by atoms with Gasteiger partial charge in [-0.3, -0.25) is 9.52 Å². The number of anilines is 2. The first-order valence-electron chi connectivity index (χ1n) is 8.25. The topological polar surface area (TPSA) is 104 Å². The van der Waals surface area contributed by atoms with Crippen LogP contribution in [0.25, 0.3) is 11.0 Å². The molecule has 160 valence electrons. The van der Waals surface area contributed by atoms with E-state index < -0.39 is 57.2 Å². The molecule has 30 heavy (non-hydrogen) atoms. The molecule has 0 aliphatic carbocycles. The Labute approximate surface area is 166 Å². The van der Waals surface area contributed by atoms with Crippen LogP contribution in [0.15, 0.2) is 36.7 Å². The second-order valence-electron chi connectivity index (χ2n) is 6.16. The summed E-state index contributed by atoms with van der Waals surface area (Å²) in [6.07, 6.45) is -3.57. The van der Waals surface area contributed by atoms with Gasteiger partial charge in [-0.05, 0) is 24.3 Å². The number of hydrogen-bond donors (Lipinski definition) is 3. The number of pyridine rings is 1. The molecule has 3 aromatic rings. The SMILES string of the molecule is O=C(Nc1cnc2[nH]ccc2c1)c1c(F)ccc(NS(=O)(=O)CCC(F)(F)F)c1F. The largest absolute Gasteiger partial charge is 0.390 e. The lowest BCUT2D eigenvalue weighted by Crippen LogP contribution is -2.23. The van der Waals surface area contributed by atoms with Crippen LogP contribution in [0.4, 0.5) is 33.3 Å². The monoisotopic (exact) mass is 448 g/mol. The molecule has 1 amide bonds. The standard InChI is InChI=1S/C17H13F5N4O3S/c18-11-1-2-12(26-30(28,29)6-4-17(20,21)22)14(19)13(11)16(27)25-10-7-9-3-5-23-15(9)24-8-10/h1-3,5,7-8,26H,4,6H2,(H,23,24)(H,25,27). The third-order valence-electron chi connectivity index (χ3n) is 3.90. The van der Waals surface area contributed by atoms with Gasteiger partial charge >= 0.3 is 6.18 Å². The van der Waals surface area contributed by atoms with E-state index in [-0.39, 0.29) is 5.69 Å². The van der Waals surface area contributed by atoms with Crippen LogP contribution in [0.2, 0.25) is 0 Å². The van der Waals surface area contributed by atoms with Gasteiger partial charge in [0.05, 0.1) is 29.7 Å². The number of alkyl halides is 3. The quantitative estimate of drug-likeness (QED) is 0.499. The zero-order valence-corrected chi connectivity index (χ0v) is 15.7. The van der Waals surface area contributed by atoms with Crippen LogP contribution in [-0.2, 0) is 10.0 Å². The summed E-state index contributed by atoms with van der Waals surface area (Å²) >= 11 is 0. The van der Waals surface area contributed by atoms with Crippen LogP contribution in [0, 0.1) is 11.6 Å². The Kier molecular flexibility index (Phi) is 5.65. The van der Waals surface area contributed by atoms with Gasteiger partial charge < -0.3 is 10.3 Å². The number of carbonyl (C=O) groups excluding carboxylic acids is 1. The number of amides is 1. The van der Waals surface area contributed by atoms with Crippen LogP contribution >= 0.6 is 0 Å². The van der Waals surface area contributed by atoms with E-state index in [2.05, 4.69) is 15.3 Å². The fourth-order valence-corrected chi connectivity index (χ4v) is 3.60. The molecule has 0 spiro atoms. The summed E-state index contributed by atoms with van der Waals surface area (Å²) in [6, 6.07) is 4.42. The number of hydrogen-bond acceptors (Lipinski definition) is 4. The first kappa shape index (κ1) is 21.5. The van der Waals surface area contributed by atoms with Gasteiger partial charge in [-0.25, -0.2) is 22.2 Å². The molecule has 0 saturated carbocycles. The fourth-order valence-electron chi connectivity index (χ4n) is 2.51. The highest BCUT2D eigenvalue weighted by atomic mass is 32.2. The molecule has 13 heteroatoms. The molecule has 0 aliphatic rings. The molecule has 0 aliphatic heterocycles. The molecule has 0 bridgehead atoms. The zero-order chi connectivity index (χ0) is 22.1. The normalized spacial score (nSPS) is 12.2. The summed E-state index contributed by atoms with van der Waals surface area (Å²) in [5.41, 5.74) is -1.34. The molecule has 2 aromatic heterocycles. The van der Waals surface area contributed by atoms with E-state index in [1.54, 1.807) is 17.0 Å². The predicted octanol–water partition coefficient (Wildman–Crippen LogP) is 3.79. The molecule has 0 atom stereocenters. The molecule has 0 radical (unpaired) electrons. The van der Waals surface area contributed by atoms with Gasteiger partial charge in [-0.2, -0.15) is 13.2 Å². The second-order valence-corrected chi connectivity index (χ2v) is 8.01. The first-order valence-corrected chi connectivity index (χ1v) is 9.90. The summed E-state index contributed by atoms with van der Waals surface area (Å²) in [5.74, 6) is -5.47. The van der Waals surface area contributed by atoms with E-state index in [1.165, 1.54) is 12.3 Å². The smallest absolute Gasteiger partial charge is 0.346 e. The van der Waals surface area contributed by atoms with Crippen molar-refractivity contribution in [1.29, 1.82) is 0 Å². The highest BCUT2D eigenvalue weighted by Crippen LogP contribution is 2.25. The van der Waals surface area contributed by atoms with E-state index in [9.17, 15) is 35.2 Å². The molecule has 0 fully saturated rings. The van der Waals surface area contributed by atoms with Gasteiger partial charge in [0, 0.05) is 11.6 Å². The van der Waals surface area contributed by atoms with Crippen molar-refractivity contribution in [3.05, 3.63) is 53.9 Å². The van der Waals surface area contributed by atoms with E-state index >= 15 is 0 Å². The van der Waals surface area contributed by atoms with Crippen molar-refractivity contribution in [3.63, 3.8) is 0 Å². The molecule has 3 N–H and O–H groups in total. The maximum atomic E-state index is 14.6. The number of aromatic amines is 1. The van der Waals surface area contributed by atoms with Crippen LogP contribution in [0.5, 0.6) is 0 Å². The average Bonchev–Trinajstić information content (AvgIpc) is 3.10. The fraction of sp³-hybridized carbons (Fsp3) is 0.176. The zero-order valence-electron chi connectivity index (χ0n) is 14.8. The summed E-state index contributed by atoms with van der Waals surface area (Å²) in [6.45, 7) is 0. The average molecular weight is 448 g/mol. The van der Waals surface area contributed by atoms with Crippen LogP contribution in [-0.4, -0.2) is 36.2 Å². The van der Waals surface area contributed by atoms with Crippen LogP contribution < -0.4 is 10.0 Å². The summed E-state index contributed by atoms with van der Waals surface area (Å²) in [7, 11) is -4.60. The van der Waals surface area contributed by atoms with E-state index in [0.29, 0.717) is 23.2 Å². The Bertz CT molecular complexity index is 1210. The molecule has 0 saturated heterocycles. The van der Waals surface area contributed by atoms with Gasteiger partial charge in [-0.15, -0.1) is 0 Å². The predicted molar refractivity (Wildman–Crippen MR) is 98.5 cm³/mol.